The van der Waals surface area contributed by atoms with Gasteiger partial charge in [0.1, 0.15) is 0 Å². The summed E-state index contributed by atoms with van der Waals surface area (Å²) < 4.78 is 11.1. The second-order valence-electron chi connectivity index (χ2n) is 6.19. The minimum Gasteiger partial charge on any atom is -0.383 e. The van der Waals surface area contributed by atoms with Gasteiger partial charge in [-0.25, -0.2) is 0 Å². The first-order chi connectivity index (χ1) is 13.7. The van der Waals surface area contributed by atoms with E-state index < -0.39 is 0 Å². The molecule has 2 aromatic rings. The van der Waals surface area contributed by atoms with Gasteiger partial charge in [0.15, 0.2) is 4.34 Å². The molecule has 152 valence electrons. The molecule has 28 heavy (non-hydrogen) atoms. The largest absolute Gasteiger partial charge is 0.383 e. The molecule has 1 aromatic heterocycles. The van der Waals surface area contributed by atoms with Crippen LogP contribution >= 0.6 is 23.1 Å². The second kappa shape index (κ2) is 10.6. The van der Waals surface area contributed by atoms with Crippen LogP contribution in [0, 0.1) is 0 Å². The molecule has 0 saturated carbocycles. The summed E-state index contributed by atoms with van der Waals surface area (Å²) >= 11 is 2.83. The number of hydrogen-bond acceptors (Lipinski definition) is 9. The lowest BCUT2D eigenvalue weighted by molar-refractivity contribution is -0.115. The van der Waals surface area contributed by atoms with E-state index in [2.05, 4.69) is 25.7 Å². The first kappa shape index (κ1) is 20.8. The standard InChI is InChI=1S/C18H25N5O3S2/c1-13(27-18-22-21-17(28-18)19-7-10-25-2)16(24)20-14-3-5-15(6-4-14)23-8-11-26-12-9-23/h3-6,13H,7-12H2,1-2H3,(H,19,21)(H,20,24)/t13-/m1/s1. The fourth-order valence-electron chi connectivity index (χ4n) is 2.61. The molecule has 1 saturated heterocycles. The van der Waals surface area contributed by atoms with Crippen molar-refractivity contribution in [3.8, 4) is 0 Å². The van der Waals surface area contributed by atoms with Crippen molar-refractivity contribution in [2.75, 3.05) is 62.1 Å². The molecular weight excluding hydrogens is 398 g/mol. The molecule has 1 amide bonds. The van der Waals surface area contributed by atoms with Crippen molar-refractivity contribution in [1.29, 1.82) is 0 Å². The van der Waals surface area contributed by atoms with Gasteiger partial charge in [-0.1, -0.05) is 23.1 Å². The summed E-state index contributed by atoms with van der Waals surface area (Å²) in [6.07, 6.45) is 0. The summed E-state index contributed by atoms with van der Waals surface area (Å²) in [5.74, 6) is -0.0618. The molecule has 1 atom stereocenters. The number of amides is 1. The van der Waals surface area contributed by atoms with Gasteiger partial charge in [0.25, 0.3) is 0 Å². The van der Waals surface area contributed by atoms with E-state index in [0.717, 1.165) is 47.1 Å². The number of morpholine rings is 1. The van der Waals surface area contributed by atoms with Crippen molar-refractivity contribution in [1.82, 2.24) is 10.2 Å². The molecule has 0 unspecified atom stereocenters. The number of nitrogens with zero attached hydrogens (tertiary/aromatic N) is 3. The number of rotatable bonds is 9. The number of ether oxygens (including phenoxy) is 2. The molecule has 3 rings (SSSR count). The smallest absolute Gasteiger partial charge is 0.237 e. The van der Waals surface area contributed by atoms with Crippen LogP contribution in [0.5, 0.6) is 0 Å². The number of hydrogen-bond donors (Lipinski definition) is 2. The van der Waals surface area contributed by atoms with Crippen LogP contribution in [0.1, 0.15) is 6.92 Å². The third kappa shape index (κ3) is 6.06. The molecule has 0 spiro atoms. The van der Waals surface area contributed by atoms with E-state index in [1.54, 1.807) is 7.11 Å². The zero-order valence-corrected chi connectivity index (χ0v) is 17.6. The van der Waals surface area contributed by atoms with Crippen LogP contribution in [0.4, 0.5) is 16.5 Å². The average molecular weight is 424 g/mol. The van der Waals surface area contributed by atoms with Gasteiger partial charge in [0.05, 0.1) is 25.1 Å². The van der Waals surface area contributed by atoms with Gasteiger partial charge >= 0.3 is 0 Å². The first-order valence-electron chi connectivity index (χ1n) is 9.12. The van der Waals surface area contributed by atoms with Gasteiger partial charge in [-0.15, -0.1) is 10.2 Å². The number of thioether (sulfide) groups is 1. The Bertz CT molecular complexity index is 750. The quantitative estimate of drug-likeness (QED) is 0.470. The van der Waals surface area contributed by atoms with E-state index in [4.69, 9.17) is 9.47 Å². The second-order valence-corrected chi connectivity index (χ2v) is 8.75. The maximum absolute atomic E-state index is 12.5. The molecular formula is C18H25N5O3S2. The number of nitrogens with one attached hydrogen (secondary N) is 2. The van der Waals surface area contributed by atoms with Crippen LogP contribution in [0.2, 0.25) is 0 Å². The van der Waals surface area contributed by atoms with Gasteiger partial charge in [0, 0.05) is 38.1 Å². The van der Waals surface area contributed by atoms with Crippen LogP contribution < -0.4 is 15.5 Å². The van der Waals surface area contributed by atoms with E-state index in [1.807, 2.05) is 31.2 Å². The van der Waals surface area contributed by atoms with E-state index in [0.29, 0.717) is 13.2 Å². The summed E-state index contributed by atoms with van der Waals surface area (Å²) in [7, 11) is 1.65. The fraction of sp³-hybridized carbons (Fsp3) is 0.500. The van der Waals surface area contributed by atoms with Gasteiger partial charge in [-0.3, -0.25) is 4.79 Å². The molecule has 10 heteroatoms. The lowest BCUT2D eigenvalue weighted by Crippen LogP contribution is -2.36. The molecule has 0 radical (unpaired) electrons. The highest BCUT2D eigenvalue weighted by Gasteiger charge is 2.18. The van der Waals surface area contributed by atoms with Crippen LogP contribution in [-0.4, -0.2) is 67.9 Å². The maximum Gasteiger partial charge on any atom is 0.237 e. The highest BCUT2D eigenvalue weighted by molar-refractivity contribution is 8.02. The summed E-state index contributed by atoms with van der Waals surface area (Å²) in [5.41, 5.74) is 1.93. The molecule has 2 N–H and O–H groups in total. The van der Waals surface area contributed by atoms with Crippen LogP contribution in [0.3, 0.4) is 0 Å². The fourth-order valence-corrected chi connectivity index (χ4v) is 4.54. The van der Waals surface area contributed by atoms with Crippen LogP contribution in [0.25, 0.3) is 0 Å². The average Bonchev–Trinajstić information content (AvgIpc) is 3.16. The highest BCUT2D eigenvalue weighted by atomic mass is 32.2. The minimum absolute atomic E-state index is 0.0618. The van der Waals surface area contributed by atoms with Crippen molar-refractivity contribution in [2.45, 2.75) is 16.5 Å². The number of carbonyl (C=O) groups is 1. The lowest BCUT2D eigenvalue weighted by Gasteiger charge is -2.28. The van der Waals surface area contributed by atoms with Gasteiger partial charge < -0.3 is 25.0 Å². The SMILES string of the molecule is COCCNc1nnc(S[C@H](C)C(=O)Nc2ccc(N3CCOCC3)cc2)s1. The van der Waals surface area contributed by atoms with Crippen molar-refractivity contribution in [3.05, 3.63) is 24.3 Å². The van der Waals surface area contributed by atoms with Crippen molar-refractivity contribution in [3.63, 3.8) is 0 Å². The third-order valence-electron chi connectivity index (χ3n) is 4.15. The zero-order chi connectivity index (χ0) is 19.8. The highest BCUT2D eigenvalue weighted by Crippen LogP contribution is 2.29. The minimum atomic E-state index is -0.279. The van der Waals surface area contributed by atoms with Gasteiger partial charge in [0.2, 0.25) is 11.0 Å². The van der Waals surface area contributed by atoms with Crippen molar-refractivity contribution in [2.24, 2.45) is 0 Å². The van der Waals surface area contributed by atoms with Crippen LogP contribution in [0.15, 0.2) is 28.6 Å². The predicted octanol–water partition coefficient (Wildman–Crippen LogP) is 2.55. The number of methoxy groups -OCH3 is 1. The van der Waals surface area contributed by atoms with E-state index >= 15 is 0 Å². The molecule has 0 aliphatic carbocycles. The Hall–Kier alpha value is -1.88. The Labute approximate surface area is 173 Å². The predicted molar refractivity (Wildman–Crippen MR) is 114 cm³/mol. The monoisotopic (exact) mass is 423 g/mol. The zero-order valence-electron chi connectivity index (χ0n) is 16.0. The number of anilines is 3. The number of carbonyl (C=O) groups excluding carboxylic acids is 1. The molecule has 0 bridgehead atoms. The Kier molecular flexibility index (Phi) is 7.90. The summed E-state index contributed by atoms with van der Waals surface area (Å²) in [4.78, 5) is 14.8. The lowest BCUT2D eigenvalue weighted by atomic mass is 10.2. The van der Waals surface area contributed by atoms with Crippen molar-refractivity contribution < 1.29 is 14.3 Å². The van der Waals surface area contributed by atoms with Crippen LogP contribution in [-0.2, 0) is 14.3 Å². The number of benzene rings is 1. The summed E-state index contributed by atoms with van der Waals surface area (Å²) in [6, 6.07) is 7.93. The maximum atomic E-state index is 12.5. The Morgan fingerprint density at radius 2 is 2.07 bits per heavy atom. The molecule has 1 aromatic carbocycles. The van der Waals surface area contributed by atoms with Gasteiger partial charge in [-0.2, -0.15) is 0 Å². The normalized spacial score (nSPS) is 15.3. The topological polar surface area (TPSA) is 88.6 Å². The first-order valence-corrected chi connectivity index (χ1v) is 10.8. The summed E-state index contributed by atoms with van der Waals surface area (Å²) in [5, 5.41) is 14.7. The van der Waals surface area contributed by atoms with E-state index in [1.165, 1.54) is 23.1 Å². The Balaban J connectivity index is 1.48. The number of aromatic nitrogens is 2. The Morgan fingerprint density at radius 3 is 2.79 bits per heavy atom. The third-order valence-corrected chi connectivity index (χ3v) is 6.21. The van der Waals surface area contributed by atoms with Crippen molar-refractivity contribution >= 4 is 45.5 Å². The Morgan fingerprint density at radius 1 is 1.32 bits per heavy atom. The molecule has 1 aliphatic rings. The van der Waals surface area contributed by atoms with Gasteiger partial charge in [-0.05, 0) is 31.2 Å². The summed E-state index contributed by atoms with van der Waals surface area (Å²) in [6.45, 7) is 6.43. The molecule has 1 fully saturated rings. The molecule has 1 aliphatic heterocycles. The molecule has 2 heterocycles. The van der Waals surface area contributed by atoms with E-state index in [-0.39, 0.29) is 11.2 Å². The molecule has 8 nitrogen and oxygen atoms in total. The van der Waals surface area contributed by atoms with E-state index in [9.17, 15) is 4.79 Å².